The zero-order chi connectivity index (χ0) is 13.2. The van der Waals surface area contributed by atoms with Gasteiger partial charge in [-0.15, -0.1) is 0 Å². The number of alkyl halides is 5. The summed E-state index contributed by atoms with van der Waals surface area (Å²) in [4.78, 5) is -0.262. The molecule has 1 aromatic rings. The lowest BCUT2D eigenvalue weighted by Gasteiger charge is -2.11. The highest BCUT2D eigenvalue weighted by Gasteiger charge is 2.31. The monoisotopic (exact) mass is 400 g/mol. The second-order valence-electron chi connectivity index (χ2n) is 2.64. The van der Waals surface area contributed by atoms with Crippen molar-refractivity contribution < 1.29 is 26.7 Å². The lowest BCUT2D eigenvalue weighted by molar-refractivity contribution is -0.0500. The molecular formula is C8H3Br2F5OS. The third-order valence-electron chi connectivity index (χ3n) is 1.42. The van der Waals surface area contributed by atoms with E-state index in [-0.39, 0.29) is 19.6 Å². The van der Waals surface area contributed by atoms with Crippen molar-refractivity contribution in [1.82, 2.24) is 0 Å². The van der Waals surface area contributed by atoms with Gasteiger partial charge in [-0.25, -0.2) is 0 Å². The molecule has 1 nitrogen and oxygen atoms in total. The molecule has 0 fully saturated rings. The molecule has 0 N–H and O–H groups in total. The molecule has 0 atom stereocenters. The first-order valence-corrected chi connectivity index (χ1v) is 6.29. The Labute approximate surface area is 114 Å². The summed E-state index contributed by atoms with van der Waals surface area (Å²) < 4.78 is 64.8. The van der Waals surface area contributed by atoms with Gasteiger partial charge < -0.3 is 4.74 Å². The molecular weight excluding hydrogens is 399 g/mol. The molecule has 1 rings (SSSR count). The smallest absolute Gasteiger partial charge is 0.435 e. The molecule has 0 aromatic heterocycles. The number of hydrogen-bond donors (Lipinski definition) is 0. The van der Waals surface area contributed by atoms with Gasteiger partial charge in [0.15, 0.2) is 0 Å². The molecule has 1 aromatic carbocycles. The molecule has 0 saturated heterocycles. The van der Waals surface area contributed by atoms with Crippen LogP contribution in [0.3, 0.4) is 0 Å². The van der Waals surface area contributed by atoms with Crippen LogP contribution in [0.1, 0.15) is 0 Å². The highest BCUT2D eigenvalue weighted by atomic mass is 79.9. The van der Waals surface area contributed by atoms with Crippen LogP contribution in [0.5, 0.6) is 5.75 Å². The number of thioether (sulfide) groups is 1. The maximum absolute atomic E-state index is 12.2. The van der Waals surface area contributed by atoms with Gasteiger partial charge in [0, 0.05) is 13.8 Å². The van der Waals surface area contributed by atoms with E-state index in [9.17, 15) is 22.0 Å². The summed E-state index contributed by atoms with van der Waals surface area (Å²) in [7, 11) is 0. The van der Waals surface area contributed by atoms with Crippen LogP contribution in [0, 0.1) is 0 Å². The molecule has 0 unspecified atom stereocenters. The Morgan fingerprint density at radius 3 is 2.24 bits per heavy atom. The van der Waals surface area contributed by atoms with Crippen molar-refractivity contribution in [3.05, 3.63) is 21.1 Å². The van der Waals surface area contributed by atoms with Crippen molar-refractivity contribution in [1.29, 1.82) is 0 Å². The van der Waals surface area contributed by atoms with Crippen LogP contribution in [0.2, 0.25) is 0 Å². The van der Waals surface area contributed by atoms with Gasteiger partial charge in [0.1, 0.15) is 5.75 Å². The SMILES string of the molecule is FC(F)Oc1cc(Br)c(Br)c(SC(F)(F)F)c1. The fraction of sp³-hybridized carbons (Fsp3) is 0.250. The Morgan fingerprint density at radius 2 is 1.76 bits per heavy atom. The van der Waals surface area contributed by atoms with Gasteiger partial charge >= 0.3 is 12.1 Å². The van der Waals surface area contributed by atoms with Gasteiger partial charge in [0.2, 0.25) is 0 Å². The number of benzene rings is 1. The molecule has 0 aliphatic carbocycles. The predicted octanol–water partition coefficient (Wildman–Crippen LogP) is 5.42. The Bertz CT molecular complexity index is 410. The Kier molecular flexibility index (Phi) is 5.08. The Balaban J connectivity index is 3.07. The average Bonchev–Trinajstić information content (AvgIpc) is 2.09. The van der Waals surface area contributed by atoms with Crippen molar-refractivity contribution in [3.63, 3.8) is 0 Å². The van der Waals surface area contributed by atoms with Crippen molar-refractivity contribution in [3.8, 4) is 5.75 Å². The minimum atomic E-state index is -4.51. The number of rotatable bonds is 3. The van der Waals surface area contributed by atoms with Gasteiger partial charge in [0.05, 0.1) is 0 Å². The fourth-order valence-electron chi connectivity index (χ4n) is 0.910. The molecule has 9 heteroatoms. The molecule has 0 bridgehead atoms. The van der Waals surface area contributed by atoms with E-state index in [1.54, 1.807) is 0 Å². The molecule has 0 aliphatic heterocycles. The van der Waals surface area contributed by atoms with E-state index >= 15 is 0 Å². The quantitative estimate of drug-likeness (QED) is 0.493. The van der Waals surface area contributed by atoms with Crippen LogP contribution in [0.15, 0.2) is 26.0 Å². The third-order valence-corrected chi connectivity index (χ3v) is 4.47. The molecule has 0 heterocycles. The number of halogens is 7. The molecule has 0 radical (unpaired) electrons. The van der Waals surface area contributed by atoms with Crippen molar-refractivity contribution >= 4 is 43.6 Å². The number of hydrogen-bond acceptors (Lipinski definition) is 2. The maximum Gasteiger partial charge on any atom is 0.446 e. The van der Waals surface area contributed by atoms with E-state index in [2.05, 4.69) is 36.6 Å². The Morgan fingerprint density at radius 1 is 1.18 bits per heavy atom. The van der Waals surface area contributed by atoms with E-state index in [1.807, 2.05) is 0 Å². The van der Waals surface area contributed by atoms with E-state index < -0.39 is 23.9 Å². The molecule has 0 amide bonds. The normalized spacial score (nSPS) is 12.0. The summed E-state index contributed by atoms with van der Waals surface area (Å²) in [5.74, 6) is -0.346. The maximum atomic E-state index is 12.2. The lowest BCUT2D eigenvalue weighted by atomic mass is 10.3. The average molecular weight is 402 g/mol. The van der Waals surface area contributed by atoms with Crippen LogP contribution in [-0.4, -0.2) is 12.1 Å². The third kappa shape index (κ3) is 5.01. The van der Waals surface area contributed by atoms with Crippen LogP contribution < -0.4 is 4.74 Å². The summed E-state index contributed by atoms with van der Waals surface area (Å²) in [5, 5.41) is 0. The van der Waals surface area contributed by atoms with E-state index in [0.29, 0.717) is 0 Å². The summed E-state index contributed by atoms with van der Waals surface area (Å²) >= 11 is 5.45. The molecule has 17 heavy (non-hydrogen) atoms. The Hall–Kier alpha value is -0.0200. The highest BCUT2D eigenvalue weighted by Crippen LogP contribution is 2.44. The van der Waals surface area contributed by atoms with Gasteiger partial charge in [-0.1, -0.05) is 0 Å². The fourth-order valence-corrected chi connectivity index (χ4v) is 2.58. The lowest BCUT2D eigenvalue weighted by Crippen LogP contribution is -2.03. The minimum Gasteiger partial charge on any atom is -0.435 e. The zero-order valence-corrected chi connectivity index (χ0v) is 11.7. The zero-order valence-electron chi connectivity index (χ0n) is 7.69. The summed E-state index contributed by atoms with van der Waals surface area (Å²) in [6, 6.07) is 2.04. The molecule has 96 valence electrons. The van der Waals surface area contributed by atoms with Crippen molar-refractivity contribution in [2.24, 2.45) is 0 Å². The summed E-state index contributed by atoms with van der Waals surface area (Å²) in [5.41, 5.74) is -4.51. The first-order chi connectivity index (χ1) is 7.69. The van der Waals surface area contributed by atoms with Crippen LogP contribution >= 0.6 is 43.6 Å². The molecule has 0 spiro atoms. The van der Waals surface area contributed by atoms with Crippen LogP contribution in [-0.2, 0) is 0 Å². The first kappa shape index (κ1) is 15.0. The first-order valence-electron chi connectivity index (χ1n) is 3.88. The second-order valence-corrected chi connectivity index (χ2v) is 5.40. The van der Waals surface area contributed by atoms with E-state index in [1.165, 1.54) is 0 Å². The van der Waals surface area contributed by atoms with Crippen molar-refractivity contribution in [2.45, 2.75) is 17.0 Å². The predicted molar refractivity (Wildman–Crippen MR) is 60.4 cm³/mol. The van der Waals surface area contributed by atoms with Gasteiger partial charge in [-0.3, -0.25) is 0 Å². The van der Waals surface area contributed by atoms with Gasteiger partial charge in [-0.05, 0) is 55.8 Å². The molecule has 0 aliphatic rings. The summed E-state index contributed by atoms with van der Waals surface area (Å²) in [6.07, 6.45) is 0. The van der Waals surface area contributed by atoms with Crippen molar-refractivity contribution in [2.75, 3.05) is 0 Å². The second kappa shape index (κ2) is 5.75. The highest BCUT2D eigenvalue weighted by molar-refractivity contribution is 9.13. The minimum absolute atomic E-state index is 0.126. The van der Waals surface area contributed by atoms with E-state index in [0.717, 1.165) is 12.1 Å². The van der Waals surface area contributed by atoms with E-state index in [4.69, 9.17) is 0 Å². The van der Waals surface area contributed by atoms with Crippen LogP contribution in [0.4, 0.5) is 22.0 Å². The van der Waals surface area contributed by atoms with Crippen LogP contribution in [0.25, 0.3) is 0 Å². The topological polar surface area (TPSA) is 9.23 Å². The number of ether oxygens (including phenoxy) is 1. The largest absolute Gasteiger partial charge is 0.446 e. The van der Waals surface area contributed by atoms with Gasteiger partial charge in [0.25, 0.3) is 0 Å². The standard InChI is InChI=1S/C8H3Br2F5OS/c9-4-1-3(16-7(11)12)2-5(6(4)10)17-8(13,14)15/h1-2,7H. The summed E-state index contributed by atoms with van der Waals surface area (Å²) in [6.45, 7) is -3.09. The molecule has 0 saturated carbocycles. The van der Waals surface area contributed by atoms with Gasteiger partial charge in [-0.2, -0.15) is 22.0 Å².